The molecule has 3 N–H and O–H groups in total. The number of amides is 1. The summed E-state index contributed by atoms with van der Waals surface area (Å²) in [6.45, 7) is 4.82. The maximum absolute atomic E-state index is 12.9. The Morgan fingerprint density at radius 2 is 0.930 bits per heavy atom. The summed E-state index contributed by atoms with van der Waals surface area (Å²) in [5.41, 5.74) is 0. The first-order chi connectivity index (χ1) is 27.5. The van der Waals surface area contributed by atoms with Crippen molar-refractivity contribution in [3.63, 3.8) is 0 Å². The zero-order chi connectivity index (χ0) is 42.1. The monoisotopic (exact) mass is 830 g/mol. The van der Waals surface area contributed by atoms with Gasteiger partial charge in [0.25, 0.3) is 0 Å². The normalized spacial score (nSPS) is 14.3. The average molecular weight is 830 g/mol. The number of carbonyl (C=O) groups is 1. The van der Waals surface area contributed by atoms with Gasteiger partial charge in [0, 0.05) is 6.42 Å². The number of nitrogens with zero attached hydrogens (tertiary/aromatic N) is 1. The van der Waals surface area contributed by atoms with Gasteiger partial charge >= 0.3 is 7.82 Å². The van der Waals surface area contributed by atoms with E-state index in [1.165, 1.54) is 180 Å². The van der Waals surface area contributed by atoms with Gasteiger partial charge in [0.1, 0.15) is 13.2 Å². The lowest BCUT2D eigenvalue weighted by atomic mass is 10.0. The van der Waals surface area contributed by atoms with Gasteiger partial charge in [0.05, 0.1) is 39.9 Å². The van der Waals surface area contributed by atoms with Crippen LogP contribution in [0.2, 0.25) is 0 Å². The zero-order valence-corrected chi connectivity index (χ0v) is 39.5. The first-order valence-electron chi connectivity index (χ1n) is 24.6. The van der Waals surface area contributed by atoms with Crippen LogP contribution in [-0.2, 0) is 18.4 Å². The Balaban J connectivity index is 4.15. The number of nitrogens with one attached hydrogen (secondary N) is 1. The second-order valence-corrected chi connectivity index (χ2v) is 19.7. The molecule has 0 aromatic carbocycles. The number of hydrogen-bond donors (Lipinski definition) is 3. The van der Waals surface area contributed by atoms with Crippen molar-refractivity contribution < 1.29 is 32.9 Å². The summed E-state index contributed by atoms with van der Waals surface area (Å²) >= 11 is 0. The molecule has 0 fully saturated rings. The van der Waals surface area contributed by atoms with Crippen LogP contribution in [0.15, 0.2) is 12.2 Å². The third-order valence-electron chi connectivity index (χ3n) is 11.3. The Hall–Kier alpha value is -0.760. The highest BCUT2D eigenvalue weighted by Crippen LogP contribution is 2.43. The number of aliphatic hydroxyl groups excluding tert-OH is 1. The van der Waals surface area contributed by atoms with Gasteiger partial charge in [-0.2, -0.15) is 0 Å². The lowest BCUT2D eigenvalue weighted by molar-refractivity contribution is -0.870. The number of unbranched alkanes of at least 4 members (excludes halogenated alkanes) is 32. The van der Waals surface area contributed by atoms with Gasteiger partial charge in [0.15, 0.2) is 0 Å². The predicted molar refractivity (Wildman–Crippen MR) is 245 cm³/mol. The molecule has 0 rings (SSSR count). The van der Waals surface area contributed by atoms with Crippen LogP contribution >= 0.6 is 7.82 Å². The van der Waals surface area contributed by atoms with Crippen LogP contribution in [0.3, 0.4) is 0 Å². The van der Waals surface area contributed by atoms with Crippen molar-refractivity contribution in [3.8, 4) is 0 Å². The highest BCUT2D eigenvalue weighted by atomic mass is 31.2. The maximum atomic E-state index is 12.9. The van der Waals surface area contributed by atoms with Crippen molar-refractivity contribution in [1.82, 2.24) is 5.32 Å². The van der Waals surface area contributed by atoms with Gasteiger partial charge < -0.3 is 19.8 Å². The number of phosphoric acid groups is 1. The third kappa shape index (κ3) is 43.1. The molecule has 3 unspecified atom stereocenters. The van der Waals surface area contributed by atoms with Gasteiger partial charge in [-0.05, 0) is 19.3 Å². The van der Waals surface area contributed by atoms with Gasteiger partial charge in [-0.25, -0.2) is 4.57 Å². The summed E-state index contributed by atoms with van der Waals surface area (Å²) in [6, 6.07) is -0.839. The molecule has 0 aliphatic carbocycles. The highest BCUT2D eigenvalue weighted by Gasteiger charge is 2.27. The average Bonchev–Trinajstić information content (AvgIpc) is 3.16. The number of rotatable bonds is 45. The summed E-state index contributed by atoms with van der Waals surface area (Å²) in [4.78, 5) is 23.1. The van der Waals surface area contributed by atoms with Crippen LogP contribution in [0, 0.1) is 0 Å². The summed E-state index contributed by atoms with van der Waals surface area (Å²) in [5.74, 6) is -0.174. The molecule has 9 heteroatoms. The molecular weight excluding hydrogens is 732 g/mol. The SMILES string of the molecule is CCCCCCCCCCC/C=C/C(O)C(COP(=O)(O)OCC[N+](C)(C)C)NC(=O)CCCCCCCCCCCCCCCCCCCCCCCCCC. The molecular formula is C48H98N2O6P+. The smallest absolute Gasteiger partial charge is 0.387 e. The van der Waals surface area contributed by atoms with E-state index < -0.39 is 20.0 Å². The molecule has 0 saturated carbocycles. The molecule has 0 aromatic heterocycles. The number of quaternary nitrogens is 1. The molecule has 0 heterocycles. The largest absolute Gasteiger partial charge is 0.472 e. The van der Waals surface area contributed by atoms with E-state index in [4.69, 9.17) is 9.05 Å². The quantitative estimate of drug-likeness (QED) is 0.0244. The van der Waals surface area contributed by atoms with Gasteiger partial charge in [-0.15, -0.1) is 0 Å². The topological polar surface area (TPSA) is 105 Å². The third-order valence-corrected chi connectivity index (χ3v) is 12.2. The summed E-state index contributed by atoms with van der Waals surface area (Å²) in [6.07, 6.45) is 47.2. The Labute approximate surface area is 354 Å². The lowest BCUT2D eigenvalue weighted by Gasteiger charge is -2.25. The van der Waals surface area contributed by atoms with Crippen molar-refractivity contribution in [3.05, 3.63) is 12.2 Å². The van der Waals surface area contributed by atoms with Crippen LogP contribution < -0.4 is 5.32 Å². The van der Waals surface area contributed by atoms with E-state index in [-0.39, 0.29) is 19.1 Å². The van der Waals surface area contributed by atoms with Crippen molar-refractivity contribution in [1.29, 1.82) is 0 Å². The molecule has 1 amide bonds. The van der Waals surface area contributed by atoms with E-state index in [1.54, 1.807) is 6.08 Å². The molecule has 0 aliphatic heterocycles. The number of aliphatic hydroxyl groups is 1. The molecule has 0 radical (unpaired) electrons. The number of likely N-dealkylation sites (N-methyl/N-ethyl adjacent to an activating group) is 1. The first kappa shape index (κ1) is 56.2. The number of carbonyl (C=O) groups excluding carboxylic acids is 1. The van der Waals surface area contributed by atoms with E-state index in [9.17, 15) is 19.4 Å². The van der Waals surface area contributed by atoms with Crippen molar-refractivity contribution in [2.75, 3.05) is 40.9 Å². The minimum atomic E-state index is -4.33. The molecule has 0 aromatic rings. The number of allylic oxidation sites excluding steroid dienone is 1. The zero-order valence-electron chi connectivity index (χ0n) is 38.6. The molecule has 57 heavy (non-hydrogen) atoms. The molecule has 3 atom stereocenters. The standard InChI is InChI=1S/C48H97N2O6P/c1-6-8-10-12-14-16-18-19-20-21-22-23-24-25-26-27-28-29-30-32-34-36-38-40-42-48(52)49-46(45-56-57(53,54)55-44-43-50(3,4)5)47(51)41-39-37-35-33-31-17-15-13-11-9-7-2/h39,41,46-47,51H,6-38,40,42-45H2,1-5H3,(H-,49,52,53,54)/p+1/b41-39+. The van der Waals surface area contributed by atoms with Crippen molar-refractivity contribution in [2.45, 2.75) is 251 Å². The molecule has 0 bridgehead atoms. The molecule has 0 spiro atoms. The maximum Gasteiger partial charge on any atom is 0.472 e. The van der Waals surface area contributed by atoms with Gasteiger partial charge in [0.2, 0.25) is 5.91 Å². The molecule has 0 aliphatic rings. The fourth-order valence-electron chi connectivity index (χ4n) is 7.34. The van der Waals surface area contributed by atoms with E-state index in [2.05, 4.69) is 19.2 Å². The fraction of sp³-hybridized carbons (Fsp3) is 0.938. The van der Waals surface area contributed by atoms with E-state index in [0.29, 0.717) is 17.4 Å². The predicted octanol–water partition coefficient (Wildman–Crippen LogP) is 13.9. The van der Waals surface area contributed by atoms with Crippen LogP contribution in [0.5, 0.6) is 0 Å². The lowest BCUT2D eigenvalue weighted by Crippen LogP contribution is -2.45. The minimum Gasteiger partial charge on any atom is -0.387 e. The fourth-order valence-corrected chi connectivity index (χ4v) is 8.07. The summed E-state index contributed by atoms with van der Waals surface area (Å²) < 4.78 is 23.6. The highest BCUT2D eigenvalue weighted by molar-refractivity contribution is 7.47. The van der Waals surface area contributed by atoms with Crippen molar-refractivity contribution >= 4 is 13.7 Å². The van der Waals surface area contributed by atoms with E-state index >= 15 is 0 Å². The number of hydrogen-bond acceptors (Lipinski definition) is 5. The second-order valence-electron chi connectivity index (χ2n) is 18.2. The van der Waals surface area contributed by atoms with E-state index in [0.717, 1.165) is 38.5 Å². The van der Waals surface area contributed by atoms with Crippen LogP contribution in [0.4, 0.5) is 0 Å². The van der Waals surface area contributed by atoms with E-state index in [1.807, 2.05) is 27.2 Å². The van der Waals surface area contributed by atoms with Gasteiger partial charge in [-0.1, -0.05) is 225 Å². The first-order valence-corrected chi connectivity index (χ1v) is 26.1. The second kappa shape index (κ2) is 40.6. The molecule has 8 nitrogen and oxygen atoms in total. The van der Waals surface area contributed by atoms with Crippen LogP contribution in [0.25, 0.3) is 0 Å². The van der Waals surface area contributed by atoms with Crippen molar-refractivity contribution in [2.24, 2.45) is 0 Å². The Morgan fingerprint density at radius 3 is 1.30 bits per heavy atom. The summed E-state index contributed by atoms with van der Waals surface area (Å²) in [7, 11) is 1.58. The summed E-state index contributed by atoms with van der Waals surface area (Å²) in [5, 5.41) is 13.8. The Morgan fingerprint density at radius 1 is 0.579 bits per heavy atom. The Bertz CT molecular complexity index is 942. The molecule has 340 valence electrons. The minimum absolute atomic E-state index is 0.0645. The Kier molecular flexibility index (Phi) is 40.1. The van der Waals surface area contributed by atoms with Gasteiger partial charge in [-0.3, -0.25) is 13.8 Å². The number of phosphoric ester groups is 1. The van der Waals surface area contributed by atoms with Crippen LogP contribution in [-0.4, -0.2) is 73.4 Å². The molecule has 0 saturated heterocycles. The van der Waals surface area contributed by atoms with Crippen LogP contribution in [0.1, 0.15) is 239 Å².